The molecule has 21 heavy (non-hydrogen) atoms. The molecule has 3 nitrogen and oxygen atoms in total. The van der Waals surface area contributed by atoms with E-state index in [4.69, 9.17) is 5.73 Å². The predicted molar refractivity (Wildman–Crippen MR) is 90.7 cm³/mol. The van der Waals surface area contributed by atoms with Crippen molar-refractivity contribution in [1.82, 2.24) is 4.90 Å². The van der Waals surface area contributed by atoms with E-state index >= 15 is 0 Å². The van der Waals surface area contributed by atoms with Crippen molar-refractivity contribution in [1.29, 1.82) is 0 Å². The number of aryl methyl sites for hydroxylation is 1. The Hall–Kier alpha value is -1.00. The first kappa shape index (κ1) is 16.4. The largest absolute Gasteiger partial charge is 0.338 e. The summed E-state index contributed by atoms with van der Waals surface area (Å²) in [5.74, 6) is 1.50. The molecular formula is C17H26N2OS. The number of benzene rings is 1. The first-order valence-electron chi connectivity index (χ1n) is 7.65. The van der Waals surface area contributed by atoms with Gasteiger partial charge in [0.05, 0.1) is 6.04 Å². The smallest absolute Gasteiger partial charge is 0.239 e. The van der Waals surface area contributed by atoms with Crippen LogP contribution in [0.2, 0.25) is 0 Å². The van der Waals surface area contributed by atoms with Crippen molar-refractivity contribution in [3.8, 4) is 0 Å². The minimum Gasteiger partial charge on any atom is -0.338 e. The van der Waals surface area contributed by atoms with Gasteiger partial charge in [-0.05, 0) is 49.8 Å². The van der Waals surface area contributed by atoms with Crippen molar-refractivity contribution in [3.63, 3.8) is 0 Å². The second-order valence-corrected chi connectivity index (χ2v) is 7.00. The highest BCUT2D eigenvalue weighted by molar-refractivity contribution is 7.98. The number of nitrogens with zero attached hydrogens (tertiary/aromatic N) is 1. The highest BCUT2D eigenvalue weighted by Gasteiger charge is 2.35. The van der Waals surface area contributed by atoms with Gasteiger partial charge in [-0.1, -0.05) is 24.3 Å². The van der Waals surface area contributed by atoms with Crippen LogP contribution in [0, 0.1) is 6.92 Å². The summed E-state index contributed by atoms with van der Waals surface area (Å²) in [6.07, 6.45) is 3.84. The molecule has 1 aliphatic heterocycles. The molecule has 0 bridgehead atoms. The highest BCUT2D eigenvalue weighted by Crippen LogP contribution is 2.33. The quantitative estimate of drug-likeness (QED) is 0.910. The summed E-state index contributed by atoms with van der Waals surface area (Å²) >= 11 is 1.74. The van der Waals surface area contributed by atoms with Crippen molar-refractivity contribution >= 4 is 17.7 Å². The number of amides is 1. The molecule has 4 heteroatoms. The predicted octanol–water partition coefficient (Wildman–Crippen LogP) is 2.78. The van der Waals surface area contributed by atoms with Crippen LogP contribution in [0.3, 0.4) is 0 Å². The summed E-state index contributed by atoms with van der Waals surface area (Å²) in [4.78, 5) is 14.5. The minimum absolute atomic E-state index is 0.118. The third-order valence-electron chi connectivity index (χ3n) is 4.44. The van der Waals surface area contributed by atoms with Gasteiger partial charge in [-0.3, -0.25) is 4.79 Å². The van der Waals surface area contributed by atoms with Crippen LogP contribution in [0.15, 0.2) is 24.3 Å². The fourth-order valence-electron chi connectivity index (χ4n) is 3.19. The van der Waals surface area contributed by atoms with E-state index < -0.39 is 0 Å². The molecule has 1 heterocycles. The maximum absolute atomic E-state index is 12.5. The minimum atomic E-state index is -0.351. The van der Waals surface area contributed by atoms with E-state index in [0.29, 0.717) is 5.92 Å². The zero-order chi connectivity index (χ0) is 15.4. The molecule has 0 spiro atoms. The molecule has 1 saturated heterocycles. The van der Waals surface area contributed by atoms with Gasteiger partial charge in [0, 0.05) is 18.5 Å². The lowest BCUT2D eigenvalue weighted by molar-refractivity contribution is -0.133. The van der Waals surface area contributed by atoms with Crippen molar-refractivity contribution in [2.75, 3.05) is 18.6 Å². The number of hydrogen-bond donors (Lipinski definition) is 1. The van der Waals surface area contributed by atoms with Crippen molar-refractivity contribution in [2.24, 2.45) is 5.73 Å². The topological polar surface area (TPSA) is 46.3 Å². The van der Waals surface area contributed by atoms with Gasteiger partial charge in [0.15, 0.2) is 0 Å². The van der Waals surface area contributed by atoms with Gasteiger partial charge in [0.2, 0.25) is 5.91 Å². The second-order valence-electron chi connectivity index (χ2n) is 6.02. The van der Waals surface area contributed by atoms with Gasteiger partial charge in [-0.25, -0.2) is 0 Å². The average Bonchev–Trinajstić information content (AvgIpc) is 2.86. The Morgan fingerprint density at radius 1 is 1.48 bits per heavy atom. The van der Waals surface area contributed by atoms with Crippen LogP contribution in [-0.2, 0) is 4.79 Å². The average molecular weight is 306 g/mol. The van der Waals surface area contributed by atoms with Crippen molar-refractivity contribution in [2.45, 2.75) is 44.7 Å². The van der Waals surface area contributed by atoms with Gasteiger partial charge >= 0.3 is 0 Å². The van der Waals surface area contributed by atoms with Crippen LogP contribution in [-0.4, -0.2) is 41.4 Å². The lowest BCUT2D eigenvalue weighted by Gasteiger charge is -2.25. The van der Waals surface area contributed by atoms with E-state index in [0.717, 1.165) is 25.1 Å². The fourth-order valence-corrected chi connectivity index (χ4v) is 3.68. The Kier molecular flexibility index (Phi) is 5.71. The Bertz CT molecular complexity index is 491. The molecule has 2 unspecified atom stereocenters. The number of hydrogen-bond acceptors (Lipinski definition) is 3. The summed E-state index contributed by atoms with van der Waals surface area (Å²) in [5, 5.41) is 0. The second kappa shape index (κ2) is 7.32. The SMILES string of the molecule is CSCC[C@H](N)C(=O)N1CC(c2ccccc2C)CC1C. The zero-order valence-corrected chi connectivity index (χ0v) is 14.0. The van der Waals surface area contributed by atoms with Gasteiger partial charge in [0.1, 0.15) is 0 Å². The van der Waals surface area contributed by atoms with Crippen LogP contribution >= 0.6 is 11.8 Å². The molecule has 0 saturated carbocycles. The first-order valence-corrected chi connectivity index (χ1v) is 9.04. The zero-order valence-electron chi connectivity index (χ0n) is 13.2. The van der Waals surface area contributed by atoms with E-state index in [1.165, 1.54) is 11.1 Å². The van der Waals surface area contributed by atoms with E-state index in [1.807, 2.05) is 11.2 Å². The van der Waals surface area contributed by atoms with E-state index in [1.54, 1.807) is 11.8 Å². The molecule has 3 atom stereocenters. The summed E-state index contributed by atoms with van der Waals surface area (Å²) in [7, 11) is 0. The maximum Gasteiger partial charge on any atom is 0.239 e. The summed E-state index contributed by atoms with van der Waals surface area (Å²) < 4.78 is 0. The molecule has 2 N–H and O–H groups in total. The third-order valence-corrected chi connectivity index (χ3v) is 5.08. The molecule has 1 aromatic carbocycles. The van der Waals surface area contributed by atoms with Gasteiger partial charge in [-0.15, -0.1) is 0 Å². The molecule has 1 aliphatic rings. The van der Waals surface area contributed by atoms with Gasteiger partial charge in [-0.2, -0.15) is 11.8 Å². The van der Waals surface area contributed by atoms with E-state index in [2.05, 4.69) is 38.1 Å². The van der Waals surface area contributed by atoms with Gasteiger partial charge < -0.3 is 10.6 Å². The van der Waals surface area contributed by atoms with Crippen LogP contribution in [0.25, 0.3) is 0 Å². The number of rotatable bonds is 5. The number of carbonyl (C=O) groups excluding carboxylic acids is 1. The molecule has 0 aliphatic carbocycles. The first-order chi connectivity index (χ1) is 10.0. The van der Waals surface area contributed by atoms with E-state index in [-0.39, 0.29) is 18.0 Å². The van der Waals surface area contributed by atoms with Crippen LogP contribution in [0.1, 0.15) is 36.8 Å². The molecule has 2 rings (SSSR count). The highest BCUT2D eigenvalue weighted by atomic mass is 32.2. The summed E-state index contributed by atoms with van der Waals surface area (Å²) in [5.41, 5.74) is 8.74. The summed E-state index contributed by atoms with van der Waals surface area (Å²) in [6, 6.07) is 8.42. The summed E-state index contributed by atoms with van der Waals surface area (Å²) in [6.45, 7) is 5.09. The third kappa shape index (κ3) is 3.80. The Labute approximate surface area is 132 Å². The molecule has 1 fully saturated rings. The van der Waals surface area contributed by atoms with E-state index in [9.17, 15) is 4.79 Å². The van der Waals surface area contributed by atoms with Crippen molar-refractivity contribution < 1.29 is 4.79 Å². The Balaban J connectivity index is 2.04. The van der Waals surface area contributed by atoms with Crippen LogP contribution < -0.4 is 5.73 Å². The molecule has 1 amide bonds. The Morgan fingerprint density at radius 3 is 2.86 bits per heavy atom. The van der Waals surface area contributed by atoms with Crippen LogP contribution in [0.5, 0.6) is 0 Å². The Morgan fingerprint density at radius 2 is 2.19 bits per heavy atom. The molecule has 116 valence electrons. The number of carbonyl (C=O) groups is 1. The van der Waals surface area contributed by atoms with Crippen molar-refractivity contribution in [3.05, 3.63) is 35.4 Å². The van der Waals surface area contributed by atoms with Crippen LogP contribution in [0.4, 0.5) is 0 Å². The standard InChI is InChI=1S/C17H26N2OS/c1-12-6-4-5-7-15(12)14-10-13(2)19(11-14)17(20)16(18)8-9-21-3/h4-7,13-14,16H,8-11,18H2,1-3H3/t13?,14?,16-/m0/s1. The molecular weight excluding hydrogens is 280 g/mol. The van der Waals surface area contributed by atoms with Gasteiger partial charge in [0.25, 0.3) is 0 Å². The number of nitrogens with two attached hydrogens (primary N) is 1. The number of thioether (sulfide) groups is 1. The lowest BCUT2D eigenvalue weighted by Crippen LogP contribution is -2.45. The molecule has 1 aromatic rings. The molecule has 0 radical (unpaired) electrons. The normalized spacial score (nSPS) is 23.3. The molecule has 0 aromatic heterocycles. The maximum atomic E-state index is 12.5. The fraction of sp³-hybridized carbons (Fsp3) is 0.588. The lowest BCUT2D eigenvalue weighted by atomic mass is 9.93. The monoisotopic (exact) mass is 306 g/mol. The number of likely N-dealkylation sites (tertiary alicyclic amines) is 1.